The van der Waals surface area contributed by atoms with E-state index in [1.54, 1.807) is 53.4 Å². The van der Waals surface area contributed by atoms with E-state index in [2.05, 4.69) is 6.92 Å². The van der Waals surface area contributed by atoms with Gasteiger partial charge in [-0.2, -0.15) is 0 Å². The molecular formula is C33H43NO6. The third kappa shape index (κ3) is 8.57. The summed E-state index contributed by atoms with van der Waals surface area (Å²) in [5, 5.41) is 0. The van der Waals surface area contributed by atoms with Gasteiger partial charge in [-0.05, 0) is 93.5 Å². The van der Waals surface area contributed by atoms with Gasteiger partial charge in [-0.3, -0.25) is 4.79 Å². The van der Waals surface area contributed by atoms with Crippen LogP contribution in [0.4, 0.5) is 0 Å². The number of carbonyl (C=O) groups excluding carboxylic acids is 3. The van der Waals surface area contributed by atoms with E-state index in [0.717, 1.165) is 44.3 Å². The lowest BCUT2D eigenvalue weighted by Crippen LogP contribution is -2.42. The Kier molecular flexibility index (Phi) is 11.4. The van der Waals surface area contributed by atoms with Gasteiger partial charge in [0.2, 0.25) is 0 Å². The maximum atomic E-state index is 13.2. The molecule has 7 nitrogen and oxygen atoms in total. The average Bonchev–Trinajstić information content (AvgIpc) is 3.48. The van der Waals surface area contributed by atoms with Crippen molar-refractivity contribution in [3.8, 4) is 11.5 Å². The maximum Gasteiger partial charge on any atom is 0.343 e. The molecule has 4 rings (SSSR count). The molecule has 0 N–H and O–H groups in total. The highest BCUT2D eigenvalue weighted by molar-refractivity contribution is 5.97. The Morgan fingerprint density at radius 1 is 0.750 bits per heavy atom. The highest BCUT2D eigenvalue weighted by Gasteiger charge is 2.36. The van der Waals surface area contributed by atoms with Crippen LogP contribution in [0, 0.1) is 0 Å². The SMILES string of the molecule is CCCCCCCCOc1ccc(C(=O)Oc2ccc(C(=O)N3CCC[C@H]3C(=O)OC3CCCCC3)cc2)cc1. The van der Waals surface area contributed by atoms with Gasteiger partial charge < -0.3 is 19.1 Å². The first kappa shape index (κ1) is 29.6. The standard InChI is InChI=1S/C33H43NO6/c1-2-3-4-5-6-10-24-38-27-19-17-26(18-20-27)32(36)39-29-21-15-25(16-22-29)31(35)34-23-11-14-30(34)33(37)40-28-12-8-7-9-13-28/h15-22,28,30H,2-14,23-24H2,1H3/t30-/m0/s1. The molecule has 40 heavy (non-hydrogen) atoms. The van der Waals surface area contributed by atoms with Crippen molar-refractivity contribution in [1.82, 2.24) is 4.90 Å². The number of hydrogen-bond acceptors (Lipinski definition) is 6. The van der Waals surface area contributed by atoms with Crippen LogP contribution in [0.1, 0.15) is 111 Å². The Labute approximate surface area is 238 Å². The van der Waals surface area contributed by atoms with Gasteiger partial charge in [-0.25, -0.2) is 9.59 Å². The van der Waals surface area contributed by atoms with E-state index < -0.39 is 12.0 Å². The lowest BCUT2D eigenvalue weighted by atomic mass is 9.98. The van der Waals surface area contributed by atoms with Gasteiger partial charge in [0.1, 0.15) is 23.6 Å². The third-order valence-electron chi connectivity index (χ3n) is 7.79. The van der Waals surface area contributed by atoms with Crippen molar-refractivity contribution in [2.75, 3.05) is 13.2 Å². The number of ether oxygens (including phenoxy) is 3. The number of amides is 1. The molecule has 216 valence electrons. The zero-order chi connectivity index (χ0) is 28.2. The minimum Gasteiger partial charge on any atom is -0.494 e. The lowest BCUT2D eigenvalue weighted by Gasteiger charge is -2.27. The monoisotopic (exact) mass is 549 g/mol. The van der Waals surface area contributed by atoms with Crippen LogP contribution in [0.15, 0.2) is 48.5 Å². The first-order valence-electron chi connectivity index (χ1n) is 15.1. The van der Waals surface area contributed by atoms with Gasteiger partial charge in [0.05, 0.1) is 12.2 Å². The predicted molar refractivity (Wildman–Crippen MR) is 154 cm³/mol. The molecule has 1 saturated carbocycles. The minimum absolute atomic E-state index is 0.0263. The summed E-state index contributed by atoms with van der Waals surface area (Å²) >= 11 is 0. The molecule has 1 aliphatic carbocycles. The van der Waals surface area contributed by atoms with Crippen molar-refractivity contribution < 1.29 is 28.6 Å². The molecule has 7 heteroatoms. The van der Waals surface area contributed by atoms with Gasteiger partial charge in [-0.15, -0.1) is 0 Å². The molecule has 2 aromatic rings. The lowest BCUT2D eigenvalue weighted by molar-refractivity contribution is -0.155. The number of rotatable bonds is 13. The maximum absolute atomic E-state index is 13.2. The highest BCUT2D eigenvalue weighted by Crippen LogP contribution is 2.26. The number of benzene rings is 2. The fourth-order valence-corrected chi connectivity index (χ4v) is 5.44. The summed E-state index contributed by atoms with van der Waals surface area (Å²) in [6, 6.07) is 12.9. The van der Waals surface area contributed by atoms with Crippen molar-refractivity contribution in [3.05, 3.63) is 59.7 Å². The second-order valence-corrected chi connectivity index (χ2v) is 10.9. The van der Waals surface area contributed by atoms with Crippen LogP contribution < -0.4 is 9.47 Å². The van der Waals surface area contributed by atoms with Gasteiger partial charge in [0.25, 0.3) is 5.91 Å². The Hall–Kier alpha value is -3.35. The van der Waals surface area contributed by atoms with Crippen molar-refractivity contribution in [2.24, 2.45) is 0 Å². The second kappa shape index (κ2) is 15.4. The molecule has 0 bridgehead atoms. The van der Waals surface area contributed by atoms with Crippen molar-refractivity contribution >= 4 is 17.8 Å². The quantitative estimate of drug-likeness (QED) is 0.150. The topological polar surface area (TPSA) is 82.1 Å². The van der Waals surface area contributed by atoms with Gasteiger partial charge in [-0.1, -0.05) is 45.4 Å². The van der Waals surface area contributed by atoms with Crippen molar-refractivity contribution in [1.29, 1.82) is 0 Å². The predicted octanol–water partition coefficient (Wildman–Crippen LogP) is 7.13. The van der Waals surface area contributed by atoms with E-state index in [1.165, 1.54) is 38.5 Å². The van der Waals surface area contributed by atoms with Crippen LogP contribution in [-0.2, 0) is 9.53 Å². The molecular weight excluding hydrogens is 506 g/mol. The van der Waals surface area contributed by atoms with Gasteiger partial charge in [0.15, 0.2) is 0 Å². The Bertz CT molecular complexity index is 1090. The number of carbonyl (C=O) groups is 3. The molecule has 2 aromatic carbocycles. The van der Waals surface area contributed by atoms with E-state index in [4.69, 9.17) is 14.2 Å². The third-order valence-corrected chi connectivity index (χ3v) is 7.79. The van der Waals surface area contributed by atoms with Crippen LogP contribution in [0.5, 0.6) is 11.5 Å². The molecule has 1 atom stereocenters. The summed E-state index contributed by atoms with van der Waals surface area (Å²) < 4.78 is 17.0. The summed E-state index contributed by atoms with van der Waals surface area (Å²) in [5.74, 6) is 0.0988. The van der Waals surface area contributed by atoms with E-state index in [-0.39, 0.29) is 18.0 Å². The van der Waals surface area contributed by atoms with Crippen LogP contribution in [-0.4, -0.2) is 48.0 Å². The molecule has 1 amide bonds. The Balaban J connectivity index is 1.24. The van der Waals surface area contributed by atoms with Crippen LogP contribution in [0.3, 0.4) is 0 Å². The molecule has 1 aliphatic heterocycles. The highest BCUT2D eigenvalue weighted by atomic mass is 16.5. The zero-order valence-electron chi connectivity index (χ0n) is 23.8. The fourth-order valence-electron chi connectivity index (χ4n) is 5.44. The van der Waals surface area contributed by atoms with E-state index in [0.29, 0.717) is 36.4 Å². The molecule has 1 saturated heterocycles. The van der Waals surface area contributed by atoms with Gasteiger partial charge in [0, 0.05) is 12.1 Å². The van der Waals surface area contributed by atoms with Gasteiger partial charge >= 0.3 is 11.9 Å². The fraction of sp³-hybridized carbons (Fsp3) is 0.545. The molecule has 0 unspecified atom stereocenters. The summed E-state index contributed by atoms with van der Waals surface area (Å²) in [6.07, 6.45) is 13.8. The second-order valence-electron chi connectivity index (χ2n) is 10.9. The smallest absolute Gasteiger partial charge is 0.343 e. The zero-order valence-corrected chi connectivity index (χ0v) is 23.8. The number of hydrogen-bond donors (Lipinski definition) is 0. The summed E-state index contributed by atoms with van der Waals surface area (Å²) in [5.41, 5.74) is 0.868. The number of nitrogens with zero attached hydrogens (tertiary/aromatic N) is 1. The Morgan fingerprint density at radius 2 is 1.40 bits per heavy atom. The Morgan fingerprint density at radius 3 is 2.12 bits per heavy atom. The molecule has 0 radical (unpaired) electrons. The van der Waals surface area contributed by atoms with Crippen LogP contribution >= 0.6 is 0 Å². The molecule has 2 aliphatic rings. The number of esters is 2. The largest absolute Gasteiger partial charge is 0.494 e. The molecule has 2 fully saturated rings. The van der Waals surface area contributed by atoms with E-state index >= 15 is 0 Å². The number of unbranched alkanes of at least 4 members (excludes halogenated alkanes) is 5. The summed E-state index contributed by atoms with van der Waals surface area (Å²) in [4.78, 5) is 40.3. The van der Waals surface area contributed by atoms with Crippen LogP contribution in [0.25, 0.3) is 0 Å². The molecule has 0 spiro atoms. The summed E-state index contributed by atoms with van der Waals surface area (Å²) in [6.45, 7) is 3.41. The van der Waals surface area contributed by atoms with Crippen molar-refractivity contribution in [2.45, 2.75) is 103 Å². The van der Waals surface area contributed by atoms with Crippen molar-refractivity contribution in [3.63, 3.8) is 0 Å². The van der Waals surface area contributed by atoms with Crippen LogP contribution in [0.2, 0.25) is 0 Å². The van der Waals surface area contributed by atoms with E-state index in [1.807, 2.05) is 0 Å². The first-order valence-corrected chi connectivity index (χ1v) is 15.1. The molecule has 0 aromatic heterocycles. The summed E-state index contributed by atoms with van der Waals surface area (Å²) in [7, 11) is 0. The first-order chi connectivity index (χ1) is 19.5. The van der Waals surface area contributed by atoms with E-state index in [9.17, 15) is 14.4 Å². The minimum atomic E-state index is -0.537. The molecule has 1 heterocycles. The number of likely N-dealkylation sites (tertiary alicyclic amines) is 1. The normalized spacial score (nSPS) is 17.4. The average molecular weight is 550 g/mol.